The van der Waals surface area contributed by atoms with Crippen LogP contribution >= 0.6 is 0 Å². The lowest BCUT2D eigenvalue weighted by Crippen LogP contribution is -2.35. The minimum absolute atomic E-state index is 0.556. The zero-order chi connectivity index (χ0) is 17.1. The van der Waals surface area contributed by atoms with Crippen LogP contribution in [0, 0.1) is 0 Å². The second-order valence-corrected chi connectivity index (χ2v) is 6.42. The van der Waals surface area contributed by atoms with Crippen LogP contribution in [-0.2, 0) is 14.2 Å². The summed E-state index contributed by atoms with van der Waals surface area (Å²) in [6.45, 7) is 0. The third-order valence-electron chi connectivity index (χ3n) is 4.86. The van der Waals surface area contributed by atoms with Gasteiger partial charge in [-0.25, -0.2) is 0 Å². The molecular formula is C18H36N2O3. The molecule has 1 aliphatic rings. The zero-order valence-corrected chi connectivity index (χ0v) is 15.7. The molecular weight excluding hydrogens is 292 g/mol. The Bertz CT molecular complexity index is 312. The maximum absolute atomic E-state index is 5.30. The fraction of sp³-hybridized carbons (Fsp3) is 0.889. The Morgan fingerprint density at radius 2 is 1.17 bits per heavy atom. The van der Waals surface area contributed by atoms with Crippen molar-refractivity contribution in [1.29, 1.82) is 0 Å². The average molecular weight is 328 g/mol. The van der Waals surface area contributed by atoms with E-state index >= 15 is 0 Å². The molecule has 0 atom stereocenters. The third kappa shape index (κ3) is 6.69. The number of hydrogen-bond acceptors (Lipinski definition) is 5. The molecule has 5 nitrogen and oxygen atoms in total. The highest BCUT2D eigenvalue weighted by Gasteiger charge is 2.28. The Morgan fingerprint density at radius 3 is 1.65 bits per heavy atom. The average Bonchev–Trinajstić information content (AvgIpc) is 2.89. The van der Waals surface area contributed by atoms with E-state index in [1.807, 2.05) is 0 Å². The lowest BCUT2D eigenvalue weighted by Gasteiger charge is -2.28. The highest BCUT2D eigenvalue weighted by atomic mass is 16.9. The highest BCUT2D eigenvalue weighted by molar-refractivity contribution is 4.93. The van der Waals surface area contributed by atoms with Crippen LogP contribution in [0.3, 0.4) is 0 Å². The van der Waals surface area contributed by atoms with Crippen molar-refractivity contribution in [2.75, 3.05) is 35.4 Å². The molecule has 0 aromatic heterocycles. The molecule has 1 aliphatic heterocycles. The predicted octanol–water partition coefficient (Wildman–Crippen LogP) is 3.76. The first-order chi connectivity index (χ1) is 11.1. The van der Waals surface area contributed by atoms with Crippen LogP contribution in [0.1, 0.15) is 57.8 Å². The summed E-state index contributed by atoms with van der Waals surface area (Å²) in [7, 11) is 9.20. The van der Waals surface area contributed by atoms with E-state index < -0.39 is 5.97 Å². The highest BCUT2D eigenvalue weighted by Crippen LogP contribution is 2.22. The van der Waals surface area contributed by atoms with Crippen LogP contribution in [0.15, 0.2) is 12.4 Å². The number of ether oxygens (including phenoxy) is 3. The molecule has 0 radical (unpaired) electrons. The molecule has 0 unspecified atom stereocenters. The van der Waals surface area contributed by atoms with Crippen molar-refractivity contribution in [3.8, 4) is 0 Å². The molecule has 136 valence electrons. The fourth-order valence-electron chi connectivity index (χ4n) is 3.21. The minimum Gasteiger partial charge on any atom is -0.359 e. The fourth-order valence-corrected chi connectivity index (χ4v) is 3.21. The van der Waals surface area contributed by atoms with E-state index in [9.17, 15) is 0 Å². The van der Waals surface area contributed by atoms with Crippen molar-refractivity contribution in [2.45, 2.75) is 69.9 Å². The van der Waals surface area contributed by atoms with Gasteiger partial charge in [0.25, 0.3) is 5.97 Å². The smallest absolute Gasteiger partial charge is 0.282 e. The van der Waals surface area contributed by atoms with Crippen molar-refractivity contribution in [1.82, 2.24) is 9.80 Å². The van der Waals surface area contributed by atoms with Gasteiger partial charge in [0, 0.05) is 54.2 Å². The van der Waals surface area contributed by atoms with Gasteiger partial charge in [-0.05, 0) is 19.3 Å². The SMILES string of the molecule is COC(CCCCCCCCCC1N(C)C=CN1C)(OC)OC. The van der Waals surface area contributed by atoms with Crippen molar-refractivity contribution in [3.05, 3.63) is 12.4 Å². The van der Waals surface area contributed by atoms with Gasteiger partial charge in [0.05, 0.1) is 0 Å². The molecule has 0 aromatic carbocycles. The topological polar surface area (TPSA) is 34.2 Å². The van der Waals surface area contributed by atoms with E-state index in [1.54, 1.807) is 21.3 Å². The van der Waals surface area contributed by atoms with E-state index in [2.05, 4.69) is 36.3 Å². The zero-order valence-electron chi connectivity index (χ0n) is 15.7. The van der Waals surface area contributed by atoms with E-state index in [-0.39, 0.29) is 0 Å². The molecule has 0 amide bonds. The quantitative estimate of drug-likeness (QED) is 0.380. The first-order valence-electron chi connectivity index (χ1n) is 8.86. The van der Waals surface area contributed by atoms with Crippen molar-refractivity contribution < 1.29 is 14.2 Å². The summed E-state index contributed by atoms with van der Waals surface area (Å²) < 4.78 is 15.9. The Balaban J connectivity index is 1.96. The summed E-state index contributed by atoms with van der Waals surface area (Å²) in [6.07, 6.45) is 15.7. The van der Waals surface area contributed by atoms with Crippen LogP contribution in [-0.4, -0.2) is 57.4 Å². The molecule has 0 saturated heterocycles. The normalized spacial score (nSPS) is 15.9. The van der Waals surface area contributed by atoms with Gasteiger partial charge < -0.3 is 24.0 Å². The molecule has 0 N–H and O–H groups in total. The largest absolute Gasteiger partial charge is 0.359 e. The van der Waals surface area contributed by atoms with E-state index in [1.165, 1.54) is 44.9 Å². The first-order valence-corrected chi connectivity index (χ1v) is 8.86. The van der Waals surface area contributed by atoms with Gasteiger partial charge in [-0.2, -0.15) is 0 Å². The summed E-state index contributed by atoms with van der Waals surface area (Å²) in [5.41, 5.74) is 0. The lowest BCUT2D eigenvalue weighted by molar-refractivity contribution is -0.355. The molecule has 0 aliphatic carbocycles. The summed E-state index contributed by atoms with van der Waals surface area (Å²) in [6, 6.07) is 0. The van der Waals surface area contributed by atoms with Gasteiger partial charge in [0.15, 0.2) is 0 Å². The van der Waals surface area contributed by atoms with Crippen molar-refractivity contribution in [2.24, 2.45) is 0 Å². The Labute approximate surface area is 142 Å². The van der Waals surface area contributed by atoms with Crippen LogP contribution in [0.5, 0.6) is 0 Å². The number of nitrogens with zero attached hydrogens (tertiary/aromatic N) is 2. The molecule has 0 fully saturated rings. The molecule has 1 heterocycles. The summed E-state index contributed by atoms with van der Waals surface area (Å²) in [5, 5.41) is 0. The monoisotopic (exact) mass is 328 g/mol. The summed E-state index contributed by atoms with van der Waals surface area (Å²) >= 11 is 0. The number of hydrogen-bond donors (Lipinski definition) is 0. The maximum Gasteiger partial charge on any atom is 0.282 e. The lowest BCUT2D eigenvalue weighted by atomic mass is 10.1. The number of rotatable bonds is 13. The molecule has 1 rings (SSSR count). The molecule has 23 heavy (non-hydrogen) atoms. The van der Waals surface area contributed by atoms with Gasteiger partial charge in [0.2, 0.25) is 0 Å². The van der Waals surface area contributed by atoms with Gasteiger partial charge in [-0.1, -0.05) is 32.1 Å². The maximum atomic E-state index is 5.30. The number of unbranched alkanes of at least 4 members (excludes halogenated alkanes) is 6. The third-order valence-corrected chi connectivity index (χ3v) is 4.86. The van der Waals surface area contributed by atoms with E-state index in [4.69, 9.17) is 14.2 Å². The second kappa shape index (κ2) is 10.9. The predicted molar refractivity (Wildman–Crippen MR) is 93.8 cm³/mol. The van der Waals surface area contributed by atoms with Gasteiger partial charge in [0.1, 0.15) is 6.17 Å². The Kier molecular flexibility index (Phi) is 9.60. The van der Waals surface area contributed by atoms with Crippen LogP contribution in [0.4, 0.5) is 0 Å². The standard InChI is InChI=1S/C18H36N2O3/c1-19-15-16-20(2)17(19)13-11-9-7-6-8-10-12-14-18(21-3,22-4)23-5/h15-17H,6-14H2,1-5H3. The first kappa shape index (κ1) is 20.3. The van der Waals surface area contributed by atoms with Crippen molar-refractivity contribution >= 4 is 0 Å². The molecule has 0 spiro atoms. The molecule has 0 aromatic rings. The van der Waals surface area contributed by atoms with Crippen LogP contribution < -0.4 is 0 Å². The van der Waals surface area contributed by atoms with Crippen molar-refractivity contribution in [3.63, 3.8) is 0 Å². The number of methoxy groups -OCH3 is 3. The van der Waals surface area contributed by atoms with Gasteiger partial charge in [-0.15, -0.1) is 0 Å². The minimum atomic E-state index is -0.854. The van der Waals surface area contributed by atoms with Gasteiger partial charge in [-0.3, -0.25) is 0 Å². The Morgan fingerprint density at radius 1 is 0.739 bits per heavy atom. The molecule has 0 bridgehead atoms. The summed E-state index contributed by atoms with van der Waals surface area (Å²) in [5.74, 6) is -0.854. The molecule has 5 heteroatoms. The molecule has 0 saturated carbocycles. The van der Waals surface area contributed by atoms with E-state index in [0.29, 0.717) is 6.17 Å². The summed E-state index contributed by atoms with van der Waals surface area (Å²) in [4.78, 5) is 4.60. The van der Waals surface area contributed by atoms with E-state index in [0.717, 1.165) is 12.8 Å². The van der Waals surface area contributed by atoms with Crippen LogP contribution in [0.25, 0.3) is 0 Å². The van der Waals surface area contributed by atoms with Crippen LogP contribution in [0.2, 0.25) is 0 Å². The van der Waals surface area contributed by atoms with Gasteiger partial charge >= 0.3 is 0 Å². The Hall–Kier alpha value is -0.780. The second-order valence-electron chi connectivity index (χ2n) is 6.42.